The predicted octanol–water partition coefficient (Wildman–Crippen LogP) is 3.12. The third kappa shape index (κ3) is 3.94. The fraction of sp³-hybridized carbons (Fsp3) is 0.478. The number of hydrogen-bond donors (Lipinski definition) is 1. The van der Waals surface area contributed by atoms with Crippen molar-refractivity contribution in [3.05, 3.63) is 47.9 Å². The molecule has 2 aliphatic rings. The topological polar surface area (TPSA) is 83.2 Å². The molecular weight excluding hydrogens is 384 g/mol. The molecule has 160 valence electrons. The summed E-state index contributed by atoms with van der Waals surface area (Å²) in [5.74, 6) is 1.28. The largest absolute Gasteiger partial charge is 0.478 e. The molecule has 0 unspecified atom stereocenters. The van der Waals surface area contributed by atoms with E-state index in [1.54, 1.807) is 30.3 Å². The number of ether oxygens (including phenoxy) is 1. The Morgan fingerprint density at radius 3 is 2.70 bits per heavy atom. The number of aliphatic hydroxyl groups excluding tert-OH is 1. The average molecular weight is 412 g/mol. The Hall–Kier alpha value is -2.80. The average Bonchev–Trinajstić information content (AvgIpc) is 3.30. The van der Waals surface area contributed by atoms with E-state index < -0.39 is 12.2 Å². The van der Waals surface area contributed by atoms with Crippen molar-refractivity contribution in [1.29, 1.82) is 0 Å². The van der Waals surface area contributed by atoms with Gasteiger partial charge in [-0.1, -0.05) is 19.9 Å². The highest BCUT2D eigenvalue weighted by Gasteiger charge is 2.36. The molecule has 7 nitrogen and oxygen atoms in total. The zero-order valence-corrected chi connectivity index (χ0v) is 17.4. The van der Waals surface area contributed by atoms with E-state index in [1.807, 2.05) is 11.8 Å². The van der Waals surface area contributed by atoms with Crippen molar-refractivity contribution in [1.82, 2.24) is 4.90 Å². The van der Waals surface area contributed by atoms with Crippen molar-refractivity contribution in [3.63, 3.8) is 0 Å². The van der Waals surface area contributed by atoms with Crippen molar-refractivity contribution >= 4 is 17.5 Å². The third-order valence-electron chi connectivity index (χ3n) is 6.01. The molecule has 7 heteroatoms. The lowest BCUT2D eigenvalue weighted by molar-refractivity contribution is -0.134. The van der Waals surface area contributed by atoms with Crippen molar-refractivity contribution in [3.8, 4) is 5.75 Å². The van der Waals surface area contributed by atoms with Crippen LogP contribution in [-0.2, 0) is 9.59 Å². The van der Waals surface area contributed by atoms with Crippen molar-refractivity contribution in [2.24, 2.45) is 5.92 Å². The fourth-order valence-corrected chi connectivity index (χ4v) is 4.04. The highest BCUT2D eigenvalue weighted by atomic mass is 16.5. The zero-order valence-electron chi connectivity index (χ0n) is 17.4. The lowest BCUT2D eigenvalue weighted by atomic mass is 9.99. The van der Waals surface area contributed by atoms with Gasteiger partial charge in [-0.25, -0.2) is 0 Å². The lowest BCUT2D eigenvalue weighted by Gasteiger charge is -2.36. The smallest absolute Gasteiger partial charge is 0.268 e. The minimum atomic E-state index is -0.967. The summed E-state index contributed by atoms with van der Waals surface area (Å²) in [6.07, 6.45) is 2.39. The molecule has 0 radical (unpaired) electrons. The fourth-order valence-electron chi connectivity index (χ4n) is 4.04. The quantitative estimate of drug-likeness (QED) is 0.816. The summed E-state index contributed by atoms with van der Waals surface area (Å²) in [6, 6.07) is 8.60. The van der Waals surface area contributed by atoms with Gasteiger partial charge in [0.15, 0.2) is 6.10 Å². The van der Waals surface area contributed by atoms with Crippen molar-refractivity contribution in [2.45, 2.75) is 45.3 Å². The summed E-state index contributed by atoms with van der Waals surface area (Å²) >= 11 is 0. The monoisotopic (exact) mass is 412 g/mol. The Bertz CT molecular complexity index is 902. The molecule has 1 fully saturated rings. The van der Waals surface area contributed by atoms with Gasteiger partial charge >= 0.3 is 0 Å². The SMILES string of the molecule is CC[C@@H]1Oc2ccc([C@@H](O)c3ccco3)cc2N(CC(=O)N2CCC(C)CC2)C1=O. The summed E-state index contributed by atoms with van der Waals surface area (Å²) in [6.45, 7) is 5.50. The molecule has 2 aromatic rings. The van der Waals surface area contributed by atoms with Crippen LogP contribution in [0.15, 0.2) is 41.0 Å². The number of piperidine rings is 1. The molecule has 30 heavy (non-hydrogen) atoms. The van der Waals surface area contributed by atoms with Crippen LogP contribution in [0, 0.1) is 5.92 Å². The highest BCUT2D eigenvalue weighted by Crippen LogP contribution is 2.38. The summed E-state index contributed by atoms with van der Waals surface area (Å²) in [4.78, 5) is 29.3. The Kier molecular flexibility index (Phi) is 5.81. The third-order valence-corrected chi connectivity index (χ3v) is 6.01. The van der Waals surface area contributed by atoms with E-state index in [-0.39, 0.29) is 18.4 Å². The van der Waals surface area contributed by atoms with Gasteiger partial charge in [0.1, 0.15) is 24.2 Å². The molecule has 4 rings (SSSR count). The van der Waals surface area contributed by atoms with Crippen LogP contribution in [0.25, 0.3) is 0 Å². The molecule has 2 aliphatic heterocycles. The maximum absolute atomic E-state index is 13.0. The maximum atomic E-state index is 13.0. The van der Waals surface area contributed by atoms with Gasteiger partial charge in [-0.2, -0.15) is 0 Å². The van der Waals surface area contributed by atoms with Crippen molar-refractivity contribution in [2.75, 3.05) is 24.5 Å². The van der Waals surface area contributed by atoms with Crippen LogP contribution in [0.2, 0.25) is 0 Å². The number of amides is 2. The van der Waals surface area contributed by atoms with Crippen LogP contribution < -0.4 is 9.64 Å². The number of likely N-dealkylation sites (tertiary alicyclic amines) is 1. The van der Waals surface area contributed by atoms with Gasteiger partial charge in [0, 0.05) is 13.1 Å². The number of anilines is 1. The molecule has 2 amide bonds. The molecule has 3 heterocycles. The van der Waals surface area contributed by atoms with Crippen LogP contribution in [0.3, 0.4) is 0 Å². The van der Waals surface area contributed by atoms with E-state index in [9.17, 15) is 14.7 Å². The number of rotatable bonds is 5. The number of aliphatic hydroxyl groups is 1. The summed E-state index contributed by atoms with van der Waals surface area (Å²) in [5, 5.41) is 10.6. The number of fused-ring (bicyclic) bond motifs is 1. The number of benzene rings is 1. The Morgan fingerprint density at radius 2 is 2.03 bits per heavy atom. The van der Waals surface area contributed by atoms with Gasteiger partial charge < -0.3 is 19.2 Å². The van der Waals surface area contributed by atoms with E-state index >= 15 is 0 Å². The lowest BCUT2D eigenvalue weighted by Crippen LogP contribution is -2.51. The number of furan rings is 1. The number of carbonyl (C=O) groups excluding carboxylic acids is 2. The zero-order chi connectivity index (χ0) is 21.3. The standard InChI is InChI=1S/C23H28N2O5/c1-3-18-23(28)25(14-21(26)24-10-8-15(2)9-11-24)17-13-16(6-7-19(17)30-18)22(27)20-5-4-12-29-20/h4-7,12-13,15,18,22,27H,3,8-11,14H2,1-2H3/t18-,22+/m0/s1. The van der Waals surface area contributed by atoms with E-state index in [4.69, 9.17) is 9.15 Å². The Balaban J connectivity index is 1.61. The first-order valence-electron chi connectivity index (χ1n) is 10.6. The minimum absolute atomic E-state index is 0.0274. The molecule has 1 saturated heterocycles. The normalized spacial score (nSPS) is 20.6. The predicted molar refractivity (Wildman–Crippen MR) is 111 cm³/mol. The van der Waals surface area contributed by atoms with Gasteiger partial charge in [0.05, 0.1) is 12.0 Å². The molecule has 1 aromatic heterocycles. The molecular formula is C23H28N2O5. The van der Waals surface area contributed by atoms with Gasteiger partial charge in [0.2, 0.25) is 5.91 Å². The summed E-state index contributed by atoms with van der Waals surface area (Å²) in [7, 11) is 0. The van der Waals surface area contributed by atoms with Crippen molar-refractivity contribution < 1.29 is 23.8 Å². The molecule has 0 spiro atoms. The van der Waals surface area contributed by atoms with Gasteiger partial charge in [-0.3, -0.25) is 14.5 Å². The van der Waals surface area contributed by atoms with Gasteiger partial charge in [0.25, 0.3) is 5.91 Å². The van der Waals surface area contributed by atoms with Crippen LogP contribution in [0.5, 0.6) is 5.75 Å². The van der Waals surface area contributed by atoms with Gasteiger partial charge in [-0.05, 0) is 55.0 Å². The molecule has 1 N–H and O–H groups in total. The molecule has 0 saturated carbocycles. The second-order valence-corrected chi connectivity index (χ2v) is 8.15. The first kappa shape index (κ1) is 20.5. The first-order chi connectivity index (χ1) is 14.5. The minimum Gasteiger partial charge on any atom is -0.478 e. The van der Waals surface area contributed by atoms with Gasteiger partial charge in [-0.15, -0.1) is 0 Å². The first-order valence-corrected chi connectivity index (χ1v) is 10.6. The molecule has 0 aliphatic carbocycles. The maximum Gasteiger partial charge on any atom is 0.268 e. The number of hydrogen-bond acceptors (Lipinski definition) is 5. The summed E-state index contributed by atoms with van der Waals surface area (Å²) < 4.78 is 11.2. The van der Waals surface area contributed by atoms with Crippen LogP contribution >= 0.6 is 0 Å². The second kappa shape index (κ2) is 8.52. The number of carbonyl (C=O) groups is 2. The highest BCUT2D eigenvalue weighted by molar-refractivity contribution is 6.04. The van der Waals surface area contributed by atoms with E-state index in [2.05, 4.69) is 6.92 Å². The summed E-state index contributed by atoms with van der Waals surface area (Å²) in [5.41, 5.74) is 1.07. The molecule has 0 bridgehead atoms. The van der Waals surface area contributed by atoms with Crippen LogP contribution in [0.4, 0.5) is 5.69 Å². The Morgan fingerprint density at radius 1 is 1.27 bits per heavy atom. The van der Waals surface area contributed by atoms with E-state index in [0.29, 0.717) is 35.1 Å². The second-order valence-electron chi connectivity index (χ2n) is 8.15. The van der Waals surface area contributed by atoms with E-state index in [1.165, 1.54) is 11.2 Å². The Labute approximate surface area is 176 Å². The molecule has 1 aromatic carbocycles. The molecule has 2 atom stereocenters. The van der Waals surface area contributed by atoms with E-state index in [0.717, 1.165) is 25.9 Å². The van der Waals surface area contributed by atoms with Crippen LogP contribution in [-0.4, -0.2) is 47.6 Å². The van der Waals surface area contributed by atoms with Crippen LogP contribution in [0.1, 0.15) is 50.5 Å². The number of nitrogens with zero attached hydrogens (tertiary/aromatic N) is 2.